The largest absolute Gasteiger partial charge is 0.494 e. The molecule has 2 rings (SSSR count). The lowest BCUT2D eigenvalue weighted by atomic mass is 10.1. The second kappa shape index (κ2) is 8.62. The van der Waals surface area contributed by atoms with Gasteiger partial charge in [0.2, 0.25) is 5.91 Å². The van der Waals surface area contributed by atoms with Crippen LogP contribution < -0.4 is 10.1 Å². The van der Waals surface area contributed by atoms with Crippen LogP contribution in [0, 0.1) is 19.7 Å². The van der Waals surface area contributed by atoms with E-state index in [9.17, 15) is 9.18 Å². The highest BCUT2D eigenvalue weighted by Crippen LogP contribution is 2.19. The number of anilines is 1. The van der Waals surface area contributed by atoms with Gasteiger partial charge in [0.15, 0.2) is 11.6 Å². The summed E-state index contributed by atoms with van der Waals surface area (Å²) in [6.45, 7) is 7.46. The van der Waals surface area contributed by atoms with Crippen LogP contribution in [0.15, 0.2) is 36.4 Å². The van der Waals surface area contributed by atoms with E-state index in [1.54, 1.807) is 6.07 Å². The van der Waals surface area contributed by atoms with E-state index in [0.717, 1.165) is 16.8 Å². The van der Waals surface area contributed by atoms with Crippen LogP contribution in [-0.2, 0) is 11.3 Å². The molecule has 0 aliphatic carbocycles. The summed E-state index contributed by atoms with van der Waals surface area (Å²) < 4.78 is 18.7. The summed E-state index contributed by atoms with van der Waals surface area (Å²) in [5.41, 5.74) is 3.92. The van der Waals surface area contributed by atoms with Crippen molar-refractivity contribution in [1.82, 2.24) is 4.90 Å². The second-order valence-corrected chi connectivity index (χ2v) is 6.12. The number of amides is 1. The first kappa shape index (κ1) is 18.9. The first-order chi connectivity index (χ1) is 11.9. The van der Waals surface area contributed by atoms with Gasteiger partial charge in [-0.1, -0.05) is 19.1 Å². The number of carbonyl (C=O) groups is 1. The lowest BCUT2D eigenvalue weighted by molar-refractivity contribution is -0.117. The van der Waals surface area contributed by atoms with E-state index < -0.39 is 5.82 Å². The molecular weight excluding hydrogens is 319 g/mol. The highest BCUT2D eigenvalue weighted by atomic mass is 19.1. The zero-order valence-electron chi connectivity index (χ0n) is 15.2. The van der Waals surface area contributed by atoms with Gasteiger partial charge in [-0.2, -0.15) is 0 Å². The number of methoxy groups -OCH3 is 1. The Labute approximate surface area is 148 Å². The van der Waals surface area contributed by atoms with Crippen LogP contribution in [0.4, 0.5) is 10.1 Å². The number of likely N-dealkylation sites (N-methyl/N-ethyl adjacent to an activating group) is 1. The molecule has 25 heavy (non-hydrogen) atoms. The second-order valence-electron chi connectivity index (χ2n) is 6.12. The number of nitrogens with one attached hydrogen (secondary N) is 1. The lowest BCUT2D eigenvalue weighted by Gasteiger charge is -2.20. The molecule has 5 heteroatoms. The van der Waals surface area contributed by atoms with Gasteiger partial charge in [-0.3, -0.25) is 9.69 Å². The van der Waals surface area contributed by atoms with Gasteiger partial charge >= 0.3 is 0 Å². The summed E-state index contributed by atoms with van der Waals surface area (Å²) in [5, 5.41) is 2.92. The molecule has 0 heterocycles. The highest BCUT2D eigenvalue weighted by molar-refractivity contribution is 5.92. The van der Waals surface area contributed by atoms with Gasteiger partial charge in [-0.15, -0.1) is 0 Å². The molecule has 0 fully saturated rings. The Kier molecular flexibility index (Phi) is 6.53. The van der Waals surface area contributed by atoms with Gasteiger partial charge in [-0.25, -0.2) is 4.39 Å². The topological polar surface area (TPSA) is 41.6 Å². The SMILES string of the molecule is CCN(CC(=O)Nc1ccc(C)c(C)c1)Cc1ccc(OC)c(F)c1. The highest BCUT2D eigenvalue weighted by Gasteiger charge is 2.12. The fourth-order valence-corrected chi connectivity index (χ4v) is 2.57. The minimum atomic E-state index is -0.393. The number of hydrogen-bond donors (Lipinski definition) is 1. The summed E-state index contributed by atoms with van der Waals surface area (Å²) in [4.78, 5) is 14.2. The van der Waals surface area contributed by atoms with Crippen molar-refractivity contribution < 1.29 is 13.9 Å². The number of halogens is 1. The van der Waals surface area contributed by atoms with Crippen LogP contribution >= 0.6 is 0 Å². The fraction of sp³-hybridized carbons (Fsp3) is 0.350. The maximum atomic E-state index is 13.8. The molecule has 1 N–H and O–H groups in total. The average Bonchev–Trinajstić information content (AvgIpc) is 2.57. The van der Waals surface area contributed by atoms with Gasteiger partial charge < -0.3 is 10.1 Å². The smallest absolute Gasteiger partial charge is 0.238 e. The Bertz CT molecular complexity index is 746. The molecule has 0 unspecified atom stereocenters. The molecule has 0 saturated carbocycles. The molecule has 1 amide bonds. The third kappa shape index (κ3) is 5.29. The van der Waals surface area contributed by atoms with E-state index in [1.165, 1.54) is 18.7 Å². The van der Waals surface area contributed by atoms with E-state index in [-0.39, 0.29) is 18.2 Å². The van der Waals surface area contributed by atoms with Crippen LogP contribution in [0.1, 0.15) is 23.6 Å². The van der Waals surface area contributed by atoms with Crippen LogP contribution in [0.25, 0.3) is 0 Å². The van der Waals surface area contributed by atoms with Crippen molar-refractivity contribution >= 4 is 11.6 Å². The minimum Gasteiger partial charge on any atom is -0.494 e. The van der Waals surface area contributed by atoms with Gasteiger partial charge in [0.1, 0.15) is 0 Å². The van der Waals surface area contributed by atoms with E-state index in [1.807, 2.05) is 49.9 Å². The fourth-order valence-electron chi connectivity index (χ4n) is 2.57. The monoisotopic (exact) mass is 344 g/mol. The zero-order chi connectivity index (χ0) is 18.4. The number of ether oxygens (including phenoxy) is 1. The maximum Gasteiger partial charge on any atom is 0.238 e. The first-order valence-corrected chi connectivity index (χ1v) is 8.34. The van der Waals surface area contributed by atoms with Crippen LogP contribution in [-0.4, -0.2) is 31.0 Å². The van der Waals surface area contributed by atoms with Gasteiger partial charge in [0.05, 0.1) is 13.7 Å². The molecule has 0 aliphatic heterocycles. The Morgan fingerprint density at radius 3 is 2.52 bits per heavy atom. The molecule has 0 atom stereocenters. The molecule has 0 bridgehead atoms. The van der Waals surface area contributed by atoms with Crippen molar-refractivity contribution in [3.05, 3.63) is 58.9 Å². The Morgan fingerprint density at radius 2 is 1.92 bits per heavy atom. The average molecular weight is 344 g/mol. The van der Waals surface area contributed by atoms with Crippen molar-refractivity contribution in [2.45, 2.75) is 27.3 Å². The third-order valence-corrected chi connectivity index (χ3v) is 4.23. The lowest BCUT2D eigenvalue weighted by Crippen LogP contribution is -2.32. The molecule has 4 nitrogen and oxygen atoms in total. The van der Waals surface area contributed by atoms with Crippen molar-refractivity contribution in [2.24, 2.45) is 0 Å². The van der Waals surface area contributed by atoms with Crippen molar-refractivity contribution in [1.29, 1.82) is 0 Å². The predicted octanol–water partition coefficient (Wildman–Crippen LogP) is 3.91. The van der Waals surface area contributed by atoms with Gasteiger partial charge in [-0.05, 0) is 61.3 Å². The summed E-state index contributed by atoms with van der Waals surface area (Å²) in [7, 11) is 1.44. The summed E-state index contributed by atoms with van der Waals surface area (Å²) in [6, 6.07) is 10.7. The van der Waals surface area contributed by atoms with Crippen LogP contribution in [0.2, 0.25) is 0 Å². The molecule has 0 aromatic heterocycles. The van der Waals surface area contributed by atoms with Gasteiger partial charge in [0, 0.05) is 12.2 Å². The van der Waals surface area contributed by atoms with E-state index >= 15 is 0 Å². The quantitative estimate of drug-likeness (QED) is 0.828. The molecular formula is C20H25FN2O2. The number of benzene rings is 2. The number of hydrogen-bond acceptors (Lipinski definition) is 3. The number of nitrogens with zero attached hydrogens (tertiary/aromatic N) is 1. The summed E-state index contributed by atoms with van der Waals surface area (Å²) in [6.07, 6.45) is 0. The molecule has 0 saturated heterocycles. The molecule has 2 aromatic carbocycles. The number of rotatable bonds is 7. The van der Waals surface area contributed by atoms with Crippen molar-refractivity contribution in [3.63, 3.8) is 0 Å². The molecule has 2 aromatic rings. The zero-order valence-corrected chi connectivity index (χ0v) is 15.2. The summed E-state index contributed by atoms with van der Waals surface area (Å²) >= 11 is 0. The summed E-state index contributed by atoms with van der Waals surface area (Å²) in [5.74, 6) is -0.256. The molecule has 0 radical (unpaired) electrons. The predicted molar refractivity (Wildman–Crippen MR) is 98.4 cm³/mol. The Morgan fingerprint density at radius 1 is 1.16 bits per heavy atom. The normalized spacial score (nSPS) is 10.8. The number of aryl methyl sites for hydroxylation is 2. The van der Waals surface area contributed by atoms with Gasteiger partial charge in [0.25, 0.3) is 0 Å². The van der Waals surface area contributed by atoms with Crippen LogP contribution in [0.3, 0.4) is 0 Å². The minimum absolute atomic E-state index is 0.0842. The Hall–Kier alpha value is -2.40. The van der Waals surface area contributed by atoms with Crippen LogP contribution in [0.5, 0.6) is 5.75 Å². The van der Waals surface area contributed by atoms with Crippen molar-refractivity contribution in [3.8, 4) is 5.75 Å². The first-order valence-electron chi connectivity index (χ1n) is 8.34. The third-order valence-electron chi connectivity index (χ3n) is 4.23. The van der Waals surface area contributed by atoms with Crippen molar-refractivity contribution in [2.75, 3.05) is 25.5 Å². The molecule has 0 spiro atoms. The standard InChI is InChI=1S/C20H25FN2O2/c1-5-23(12-16-7-9-19(25-4)18(21)11-16)13-20(24)22-17-8-6-14(2)15(3)10-17/h6-11H,5,12-13H2,1-4H3,(H,22,24). The number of carbonyl (C=O) groups excluding carboxylic acids is 1. The maximum absolute atomic E-state index is 13.8. The van der Waals surface area contributed by atoms with E-state index in [2.05, 4.69) is 5.32 Å². The Balaban J connectivity index is 1.97. The van der Waals surface area contributed by atoms with E-state index in [4.69, 9.17) is 4.74 Å². The molecule has 134 valence electrons. The molecule has 0 aliphatic rings. The van der Waals surface area contributed by atoms with E-state index in [0.29, 0.717) is 13.1 Å².